The third-order valence-corrected chi connectivity index (χ3v) is 4.31. The van der Waals surface area contributed by atoms with Gasteiger partial charge in [0, 0.05) is 6.42 Å². The zero-order valence-corrected chi connectivity index (χ0v) is 17.5. The van der Waals surface area contributed by atoms with Gasteiger partial charge in [-0.25, -0.2) is 4.79 Å². The van der Waals surface area contributed by atoms with Crippen LogP contribution >= 0.6 is 0 Å². The number of rotatable bonds is 12. The van der Waals surface area contributed by atoms with E-state index in [0.717, 1.165) is 0 Å². The van der Waals surface area contributed by atoms with E-state index in [1.54, 1.807) is 27.7 Å². The van der Waals surface area contributed by atoms with Gasteiger partial charge < -0.3 is 32.5 Å². The summed E-state index contributed by atoms with van der Waals surface area (Å²) in [5, 5.41) is 16.5. The Morgan fingerprint density at radius 1 is 0.828 bits per heavy atom. The first-order valence-electron chi connectivity index (χ1n) is 9.45. The van der Waals surface area contributed by atoms with Crippen molar-refractivity contribution in [3.8, 4) is 0 Å². The van der Waals surface area contributed by atoms with E-state index < -0.39 is 53.8 Å². The van der Waals surface area contributed by atoms with Crippen molar-refractivity contribution >= 4 is 29.6 Å². The fraction of sp³-hybridized carbons (Fsp3) is 0.722. The lowest BCUT2D eigenvalue weighted by atomic mass is 10.0. The molecule has 8 N–H and O–H groups in total. The number of carbonyl (C=O) groups is 5. The zero-order valence-electron chi connectivity index (χ0n) is 17.5. The second-order valence-corrected chi connectivity index (χ2v) is 7.63. The van der Waals surface area contributed by atoms with Gasteiger partial charge in [-0.2, -0.15) is 0 Å². The average molecular weight is 415 g/mol. The van der Waals surface area contributed by atoms with Crippen molar-refractivity contribution in [2.45, 2.75) is 71.6 Å². The third-order valence-electron chi connectivity index (χ3n) is 4.31. The van der Waals surface area contributed by atoms with Crippen LogP contribution in [0.2, 0.25) is 0 Å². The summed E-state index contributed by atoms with van der Waals surface area (Å²) in [4.78, 5) is 59.1. The molecule has 0 aliphatic carbocycles. The predicted octanol–water partition coefficient (Wildman–Crippen LogP) is -1.55. The van der Waals surface area contributed by atoms with Crippen LogP contribution in [0.15, 0.2) is 0 Å². The summed E-state index contributed by atoms with van der Waals surface area (Å²) < 4.78 is 0. The van der Waals surface area contributed by atoms with Gasteiger partial charge in [0.2, 0.25) is 23.6 Å². The Labute approximate surface area is 170 Å². The largest absolute Gasteiger partial charge is 0.480 e. The van der Waals surface area contributed by atoms with Crippen molar-refractivity contribution < 1.29 is 29.1 Å². The lowest BCUT2D eigenvalue weighted by Gasteiger charge is -2.26. The summed E-state index contributed by atoms with van der Waals surface area (Å²) in [6.45, 7) is 8.32. The molecule has 0 rings (SSSR count). The van der Waals surface area contributed by atoms with E-state index in [2.05, 4.69) is 16.0 Å². The van der Waals surface area contributed by atoms with Gasteiger partial charge in [0.05, 0.1) is 6.04 Å². The number of carboxylic acids is 1. The number of amides is 4. The van der Waals surface area contributed by atoms with Crippen molar-refractivity contribution in [2.24, 2.45) is 23.3 Å². The fourth-order valence-electron chi connectivity index (χ4n) is 2.30. The predicted molar refractivity (Wildman–Crippen MR) is 105 cm³/mol. The molecular formula is C18H33N5O6. The molecule has 29 heavy (non-hydrogen) atoms. The minimum atomic E-state index is -1.32. The van der Waals surface area contributed by atoms with E-state index in [1.165, 1.54) is 6.92 Å². The van der Waals surface area contributed by atoms with Crippen molar-refractivity contribution in [1.82, 2.24) is 16.0 Å². The second-order valence-electron chi connectivity index (χ2n) is 7.63. The summed E-state index contributed by atoms with van der Waals surface area (Å²) in [5.74, 6) is -4.33. The number of nitrogens with two attached hydrogens (primary N) is 2. The van der Waals surface area contributed by atoms with Crippen LogP contribution in [0.4, 0.5) is 0 Å². The van der Waals surface area contributed by atoms with Crippen LogP contribution < -0.4 is 27.4 Å². The number of aliphatic carboxylic acids is 1. The number of hydrogen-bond acceptors (Lipinski definition) is 6. The maximum absolute atomic E-state index is 12.5. The molecule has 0 aliphatic heterocycles. The van der Waals surface area contributed by atoms with Crippen molar-refractivity contribution in [1.29, 1.82) is 0 Å². The number of hydrogen-bond donors (Lipinski definition) is 6. The van der Waals surface area contributed by atoms with E-state index in [0.29, 0.717) is 0 Å². The summed E-state index contributed by atoms with van der Waals surface area (Å²) in [6, 6.07) is -4.10. The van der Waals surface area contributed by atoms with E-state index in [9.17, 15) is 29.1 Å². The first-order valence-corrected chi connectivity index (χ1v) is 9.45. The molecule has 0 aromatic carbocycles. The molecule has 0 aromatic rings. The third kappa shape index (κ3) is 9.37. The number of carboxylic acid groups (broad SMARTS) is 1. The molecule has 4 amide bonds. The number of primary amides is 1. The van der Waals surface area contributed by atoms with Crippen LogP contribution in [-0.4, -0.2) is 58.9 Å². The standard InChI is InChI=1S/C18H33N5O6/c1-8(2)13(20)16(26)21-10(5)15(25)23-14(9(3)4)17(27)22-11(18(28)29)6-7-12(19)24/h8-11,13-14H,6-7,20H2,1-5H3,(H2,19,24)(H,21,26)(H,22,27)(H,23,25)(H,28,29). The molecule has 0 radical (unpaired) electrons. The zero-order chi connectivity index (χ0) is 22.9. The Balaban J connectivity index is 5.05. The summed E-state index contributed by atoms with van der Waals surface area (Å²) in [6.07, 6.45) is -0.385. The van der Waals surface area contributed by atoms with E-state index in [1.807, 2.05) is 0 Å². The molecule has 0 heterocycles. The minimum Gasteiger partial charge on any atom is -0.480 e. The normalized spacial score (nSPS) is 15.2. The highest BCUT2D eigenvalue weighted by atomic mass is 16.4. The first-order chi connectivity index (χ1) is 13.3. The SMILES string of the molecule is CC(NC(=O)C(N)C(C)C)C(=O)NC(C(=O)NC(CCC(N)=O)C(=O)O)C(C)C. The van der Waals surface area contributed by atoms with Crippen LogP contribution in [0.25, 0.3) is 0 Å². The summed E-state index contributed by atoms with van der Waals surface area (Å²) in [5.41, 5.74) is 10.8. The van der Waals surface area contributed by atoms with Gasteiger partial charge in [0.15, 0.2) is 0 Å². The van der Waals surface area contributed by atoms with Crippen LogP contribution in [0.1, 0.15) is 47.5 Å². The lowest BCUT2D eigenvalue weighted by Crippen LogP contribution is -2.58. The Hall–Kier alpha value is -2.69. The lowest BCUT2D eigenvalue weighted by molar-refractivity contribution is -0.143. The smallest absolute Gasteiger partial charge is 0.326 e. The Morgan fingerprint density at radius 3 is 1.79 bits per heavy atom. The van der Waals surface area contributed by atoms with Gasteiger partial charge in [-0.15, -0.1) is 0 Å². The van der Waals surface area contributed by atoms with E-state index in [-0.39, 0.29) is 24.7 Å². The Morgan fingerprint density at radius 2 is 1.38 bits per heavy atom. The van der Waals surface area contributed by atoms with Gasteiger partial charge in [0.1, 0.15) is 18.1 Å². The molecular weight excluding hydrogens is 382 g/mol. The van der Waals surface area contributed by atoms with E-state index in [4.69, 9.17) is 11.5 Å². The van der Waals surface area contributed by atoms with Gasteiger partial charge in [-0.3, -0.25) is 19.2 Å². The highest BCUT2D eigenvalue weighted by Crippen LogP contribution is 2.06. The van der Waals surface area contributed by atoms with Gasteiger partial charge in [-0.05, 0) is 25.2 Å². The van der Waals surface area contributed by atoms with E-state index >= 15 is 0 Å². The van der Waals surface area contributed by atoms with Gasteiger partial charge in [0.25, 0.3) is 0 Å². The molecule has 0 aromatic heterocycles. The number of nitrogens with one attached hydrogen (secondary N) is 3. The highest BCUT2D eigenvalue weighted by Gasteiger charge is 2.30. The Bertz CT molecular complexity index is 622. The summed E-state index contributed by atoms with van der Waals surface area (Å²) in [7, 11) is 0. The minimum absolute atomic E-state index is 0.118. The molecule has 11 heteroatoms. The molecule has 0 saturated heterocycles. The van der Waals surface area contributed by atoms with Gasteiger partial charge in [-0.1, -0.05) is 27.7 Å². The quantitative estimate of drug-likeness (QED) is 0.222. The van der Waals surface area contributed by atoms with Crippen LogP contribution in [0, 0.1) is 11.8 Å². The topological polar surface area (TPSA) is 194 Å². The molecule has 0 fully saturated rings. The molecule has 11 nitrogen and oxygen atoms in total. The van der Waals surface area contributed by atoms with Crippen LogP contribution in [-0.2, 0) is 24.0 Å². The van der Waals surface area contributed by atoms with Crippen LogP contribution in [0.3, 0.4) is 0 Å². The average Bonchev–Trinajstić information content (AvgIpc) is 2.60. The molecule has 0 saturated carbocycles. The Kier molecular flexibility index (Phi) is 10.9. The molecule has 0 spiro atoms. The van der Waals surface area contributed by atoms with Crippen molar-refractivity contribution in [3.63, 3.8) is 0 Å². The monoisotopic (exact) mass is 415 g/mol. The molecule has 0 bridgehead atoms. The second kappa shape index (κ2) is 12.0. The molecule has 0 aliphatic rings. The maximum atomic E-state index is 12.5. The molecule has 4 atom stereocenters. The van der Waals surface area contributed by atoms with Crippen LogP contribution in [0.5, 0.6) is 0 Å². The van der Waals surface area contributed by atoms with Gasteiger partial charge >= 0.3 is 5.97 Å². The highest BCUT2D eigenvalue weighted by molar-refractivity contribution is 5.94. The number of carbonyl (C=O) groups excluding carboxylic acids is 4. The van der Waals surface area contributed by atoms with Crippen molar-refractivity contribution in [2.75, 3.05) is 0 Å². The molecule has 4 unspecified atom stereocenters. The first kappa shape index (κ1) is 26.3. The van der Waals surface area contributed by atoms with Crippen molar-refractivity contribution in [3.05, 3.63) is 0 Å². The fourth-order valence-corrected chi connectivity index (χ4v) is 2.30. The maximum Gasteiger partial charge on any atom is 0.326 e. The molecule has 166 valence electrons. The summed E-state index contributed by atoms with van der Waals surface area (Å²) >= 11 is 0.